The van der Waals surface area contributed by atoms with E-state index in [1.54, 1.807) is 35.8 Å². The van der Waals surface area contributed by atoms with Crippen LogP contribution in [0.25, 0.3) is 22.7 Å². The van der Waals surface area contributed by atoms with E-state index in [1.165, 1.54) is 12.5 Å². The third-order valence-electron chi connectivity index (χ3n) is 5.51. The number of halogens is 3. The van der Waals surface area contributed by atoms with Gasteiger partial charge in [0.15, 0.2) is 23.0 Å². The van der Waals surface area contributed by atoms with Gasteiger partial charge >= 0.3 is 11.8 Å². The fourth-order valence-electron chi connectivity index (χ4n) is 3.78. The van der Waals surface area contributed by atoms with Crippen molar-refractivity contribution in [3.63, 3.8) is 0 Å². The van der Waals surface area contributed by atoms with E-state index in [1.807, 2.05) is 0 Å². The number of nitrogens with zero attached hydrogens (tertiary/aromatic N) is 4. The van der Waals surface area contributed by atoms with Gasteiger partial charge in [0.05, 0.1) is 19.2 Å². The fourth-order valence-corrected chi connectivity index (χ4v) is 3.78. The molecule has 36 heavy (non-hydrogen) atoms. The first-order valence-electron chi connectivity index (χ1n) is 10.5. The maximum atomic E-state index is 14.0. The van der Waals surface area contributed by atoms with E-state index in [0.29, 0.717) is 23.6 Å². The molecule has 0 fully saturated rings. The molecule has 10 nitrogen and oxygen atoms in total. The van der Waals surface area contributed by atoms with Gasteiger partial charge in [0.25, 0.3) is 0 Å². The highest BCUT2D eigenvalue weighted by Gasteiger charge is 2.41. The summed E-state index contributed by atoms with van der Waals surface area (Å²) >= 11 is 0. The predicted molar refractivity (Wildman–Crippen MR) is 117 cm³/mol. The molecule has 0 unspecified atom stereocenters. The van der Waals surface area contributed by atoms with E-state index >= 15 is 0 Å². The number of nitro groups is 1. The smallest absolute Gasteiger partial charge is 0.415 e. The normalized spacial score (nSPS) is 16.5. The van der Waals surface area contributed by atoms with Gasteiger partial charge in [-0.05, 0) is 42.2 Å². The largest absolute Gasteiger partial charge is 0.493 e. The monoisotopic (exact) mass is 502 g/mol. The van der Waals surface area contributed by atoms with Crippen molar-refractivity contribution < 1.29 is 36.7 Å². The van der Waals surface area contributed by atoms with E-state index in [0.717, 1.165) is 13.2 Å². The van der Waals surface area contributed by atoms with Crippen molar-refractivity contribution in [2.24, 2.45) is 0 Å². The van der Waals surface area contributed by atoms with Crippen LogP contribution in [0, 0.1) is 27.6 Å². The molecular weight excluding hydrogens is 485 g/mol. The van der Waals surface area contributed by atoms with Gasteiger partial charge in [-0.2, -0.15) is 4.39 Å². The van der Waals surface area contributed by atoms with Crippen molar-refractivity contribution in [1.82, 2.24) is 14.5 Å². The number of aromatic nitrogens is 3. The van der Waals surface area contributed by atoms with Crippen LogP contribution < -0.4 is 14.2 Å². The molecule has 0 aliphatic carbocycles. The molecule has 1 aliphatic rings. The van der Waals surface area contributed by atoms with Crippen LogP contribution in [0.4, 0.5) is 19.0 Å². The van der Waals surface area contributed by atoms with Crippen LogP contribution in [0.1, 0.15) is 6.92 Å². The van der Waals surface area contributed by atoms with Crippen LogP contribution in [-0.4, -0.2) is 38.8 Å². The Labute approximate surface area is 201 Å². The molecule has 186 valence electrons. The Morgan fingerprint density at radius 3 is 2.61 bits per heavy atom. The Morgan fingerprint density at radius 1 is 1.19 bits per heavy atom. The van der Waals surface area contributed by atoms with Crippen molar-refractivity contribution in [2.75, 3.05) is 13.7 Å². The molecule has 4 aromatic rings. The van der Waals surface area contributed by atoms with Crippen LogP contribution in [-0.2, 0) is 6.54 Å². The number of methoxy groups -OCH3 is 1. The third-order valence-corrected chi connectivity index (χ3v) is 5.51. The second kappa shape index (κ2) is 8.59. The average Bonchev–Trinajstić information content (AvgIpc) is 3.56. The van der Waals surface area contributed by atoms with Crippen LogP contribution in [0.3, 0.4) is 0 Å². The number of imidazole rings is 1. The Bertz CT molecular complexity index is 1440. The van der Waals surface area contributed by atoms with Gasteiger partial charge < -0.3 is 28.7 Å². The lowest BCUT2D eigenvalue weighted by atomic mass is 10.1. The predicted octanol–water partition coefficient (Wildman–Crippen LogP) is 4.77. The highest BCUT2D eigenvalue weighted by atomic mass is 19.2. The molecular formula is C23H17F3N4O6. The van der Waals surface area contributed by atoms with E-state index in [-0.39, 0.29) is 29.9 Å². The number of oxazole rings is 1. The van der Waals surface area contributed by atoms with Crippen LogP contribution in [0.2, 0.25) is 0 Å². The Morgan fingerprint density at radius 2 is 1.94 bits per heavy atom. The minimum absolute atomic E-state index is 0.149. The zero-order valence-corrected chi connectivity index (χ0v) is 18.8. The molecule has 2 aromatic carbocycles. The first-order chi connectivity index (χ1) is 17.2. The van der Waals surface area contributed by atoms with E-state index in [4.69, 9.17) is 18.6 Å². The zero-order valence-electron chi connectivity index (χ0n) is 18.8. The highest BCUT2D eigenvalue weighted by Crippen LogP contribution is 2.36. The number of fused-ring (bicyclic) bond motifs is 1. The molecule has 0 saturated heterocycles. The molecule has 3 heterocycles. The van der Waals surface area contributed by atoms with Crippen LogP contribution in [0.15, 0.2) is 47.2 Å². The van der Waals surface area contributed by atoms with Crippen molar-refractivity contribution in [2.45, 2.75) is 19.1 Å². The van der Waals surface area contributed by atoms with E-state index in [2.05, 4.69) is 9.97 Å². The quantitative estimate of drug-likeness (QED) is 0.202. The Hall–Kier alpha value is -4.55. The molecule has 13 heteroatoms. The standard InChI is InChI=1S/C23H17F3N4O6/c1-23(10-29-8-17(30(31)32)28-22(29)36-23)11-35-13-5-3-12(4-6-13)16-9-34-21(27-16)14-7-15(24)18(25)19(26)20(14)33-2/h3-9H,10-11H2,1-2H3/t23-/m1/s1. The summed E-state index contributed by atoms with van der Waals surface area (Å²) in [6.45, 7) is 2.28. The minimum atomic E-state index is -1.65. The maximum absolute atomic E-state index is 14.0. The van der Waals surface area contributed by atoms with Gasteiger partial charge in [0.2, 0.25) is 11.7 Å². The summed E-state index contributed by atoms with van der Waals surface area (Å²) < 4.78 is 64.7. The van der Waals surface area contributed by atoms with Crippen LogP contribution in [0.5, 0.6) is 17.5 Å². The van der Waals surface area contributed by atoms with E-state index in [9.17, 15) is 23.3 Å². The number of benzene rings is 2. The van der Waals surface area contributed by atoms with Crippen molar-refractivity contribution in [1.29, 1.82) is 0 Å². The minimum Gasteiger partial charge on any atom is -0.493 e. The maximum Gasteiger partial charge on any atom is 0.415 e. The van der Waals surface area contributed by atoms with Gasteiger partial charge in [0.1, 0.15) is 30.5 Å². The molecule has 0 bridgehead atoms. The second-order valence-electron chi connectivity index (χ2n) is 8.24. The summed E-state index contributed by atoms with van der Waals surface area (Å²) in [5, 5.41) is 10.8. The topological polar surface area (TPSA) is 115 Å². The SMILES string of the molecule is COc1c(-c2nc(-c3ccc(OC[C@@]4(C)Cn5cc([N+](=O)[O-])nc5O4)cc3)co2)cc(F)c(F)c1F. The number of hydrogen-bond acceptors (Lipinski definition) is 8. The van der Waals surface area contributed by atoms with Crippen molar-refractivity contribution in [3.05, 3.63) is 70.4 Å². The van der Waals surface area contributed by atoms with Crippen molar-refractivity contribution >= 4 is 5.82 Å². The number of hydrogen-bond donors (Lipinski definition) is 0. The molecule has 0 saturated carbocycles. The summed E-state index contributed by atoms with van der Waals surface area (Å²) in [5.74, 6) is -4.96. The first-order valence-corrected chi connectivity index (χ1v) is 10.5. The lowest BCUT2D eigenvalue weighted by Gasteiger charge is -2.22. The lowest BCUT2D eigenvalue weighted by Crippen LogP contribution is -2.38. The first kappa shape index (κ1) is 23.2. The molecule has 0 amide bonds. The van der Waals surface area contributed by atoms with Gasteiger partial charge in [-0.3, -0.25) is 4.57 Å². The Balaban J connectivity index is 1.27. The molecule has 2 aromatic heterocycles. The molecule has 5 rings (SSSR count). The van der Waals surface area contributed by atoms with E-state index < -0.39 is 33.7 Å². The summed E-state index contributed by atoms with van der Waals surface area (Å²) in [6, 6.07) is 7.67. The Kier molecular flexibility index (Phi) is 5.54. The molecule has 0 radical (unpaired) electrons. The summed E-state index contributed by atoms with van der Waals surface area (Å²) in [7, 11) is 1.12. The summed E-state index contributed by atoms with van der Waals surface area (Å²) in [6.07, 6.45) is 2.60. The third kappa shape index (κ3) is 4.08. The highest BCUT2D eigenvalue weighted by molar-refractivity contribution is 5.67. The van der Waals surface area contributed by atoms with Gasteiger partial charge in [-0.15, -0.1) is 0 Å². The number of rotatable bonds is 7. The molecule has 0 spiro atoms. The second-order valence-corrected chi connectivity index (χ2v) is 8.24. The summed E-state index contributed by atoms with van der Waals surface area (Å²) in [5.41, 5.74) is 0.0443. The van der Waals surface area contributed by atoms with Gasteiger partial charge in [-0.1, -0.05) is 0 Å². The zero-order chi connectivity index (χ0) is 25.6. The van der Waals surface area contributed by atoms with Crippen molar-refractivity contribution in [3.8, 4) is 40.2 Å². The average molecular weight is 502 g/mol. The molecule has 1 aliphatic heterocycles. The number of ether oxygens (including phenoxy) is 3. The summed E-state index contributed by atoms with van der Waals surface area (Å²) in [4.78, 5) is 18.3. The van der Waals surface area contributed by atoms with Gasteiger partial charge in [-0.25, -0.2) is 13.8 Å². The lowest BCUT2D eigenvalue weighted by molar-refractivity contribution is -0.389. The molecule has 1 atom stereocenters. The van der Waals surface area contributed by atoms with Crippen LogP contribution >= 0.6 is 0 Å². The van der Waals surface area contributed by atoms with Gasteiger partial charge in [0, 0.05) is 10.5 Å². The molecule has 0 N–H and O–H groups in total. The fraction of sp³-hybridized carbons (Fsp3) is 0.217.